The maximum Gasteiger partial charge on any atom is 0.337 e. The van der Waals surface area contributed by atoms with E-state index in [0.717, 1.165) is 5.56 Å². The SMILES string of the molecule is COC(=O)c1ccc(CSC(C)C(=O)Nc2cc(C)no2)cc1. The van der Waals surface area contributed by atoms with Crippen LogP contribution in [0.5, 0.6) is 0 Å². The number of benzene rings is 1. The molecule has 0 aliphatic carbocycles. The van der Waals surface area contributed by atoms with Gasteiger partial charge in [0.25, 0.3) is 0 Å². The first-order chi connectivity index (χ1) is 11.0. The molecule has 122 valence electrons. The van der Waals surface area contributed by atoms with Crippen molar-refractivity contribution in [3.63, 3.8) is 0 Å². The Kier molecular flexibility index (Phi) is 5.81. The van der Waals surface area contributed by atoms with E-state index in [1.165, 1.54) is 18.9 Å². The Bertz CT molecular complexity index is 682. The summed E-state index contributed by atoms with van der Waals surface area (Å²) in [6, 6.07) is 8.79. The Hall–Kier alpha value is -2.28. The number of amides is 1. The molecule has 7 heteroatoms. The van der Waals surface area contributed by atoms with E-state index in [0.29, 0.717) is 22.9 Å². The van der Waals surface area contributed by atoms with Gasteiger partial charge < -0.3 is 9.26 Å². The maximum absolute atomic E-state index is 12.0. The highest BCUT2D eigenvalue weighted by molar-refractivity contribution is 7.99. The van der Waals surface area contributed by atoms with Gasteiger partial charge in [-0.2, -0.15) is 0 Å². The van der Waals surface area contributed by atoms with Gasteiger partial charge in [0.15, 0.2) is 0 Å². The number of thioether (sulfide) groups is 1. The molecule has 1 atom stereocenters. The predicted molar refractivity (Wildman–Crippen MR) is 88.4 cm³/mol. The third kappa shape index (κ3) is 4.85. The van der Waals surface area contributed by atoms with Gasteiger partial charge in [-0.25, -0.2) is 4.79 Å². The van der Waals surface area contributed by atoms with E-state index in [2.05, 4.69) is 15.2 Å². The van der Waals surface area contributed by atoms with Gasteiger partial charge >= 0.3 is 5.97 Å². The lowest BCUT2D eigenvalue weighted by Gasteiger charge is -2.10. The van der Waals surface area contributed by atoms with Crippen LogP contribution in [0.3, 0.4) is 0 Å². The number of ether oxygens (including phenoxy) is 1. The number of nitrogens with one attached hydrogen (secondary N) is 1. The third-order valence-electron chi connectivity index (χ3n) is 3.12. The zero-order valence-corrected chi connectivity index (χ0v) is 14.0. The van der Waals surface area contributed by atoms with Crippen LogP contribution in [0.15, 0.2) is 34.9 Å². The van der Waals surface area contributed by atoms with Crippen LogP contribution in [0.1, 0.15) is 28.5 Å². The molecule has 1 heterocycles. The van der Waals surface area contributed by atoms with E-state index in [9.17, 15) is 9.59 Å². The van der Waals surface area contributed by atoms with Crippen molar-refractivity contribution in [2.75, 3.05) is 12.4 Å². The summed E-state index contributed by atoms with van der Waals surface area (Å²) in [7, 11) is 1.35. The first kappa shape index (κ1) is 17.1. The standard InChI is InChI=1S/C16H18N2O4S/c1-10-8-14(22-18-10)17-15(19)11(2)23-9-12-4-6-13(7-5-12)16(20)21-3/h4-8,11H,9H2,1-3H3,(H,17,19). The van der Waals surface area contributed by atoms with E-state index < -0.39 is 0 Å². The molecule has 23 heavy (non-hydrogen) atoms. The van der Waals surface area contributed by atoms with Crippen LogP contribution in [-0.4, -0.2) is 29.4 Å². The van der Waals surface area contributed by atoms with Crippen molar-refractivity contribution >= 4 is 29.5 Å². The molecule has 6 nitrogen and oxygen atoms in total. The minimum Gasteiger partial charge on any atom is -0.465 e. The normalized spacial score (nSPS) is 11.8. The molecule has 1 N–H and O–H groups in total. The number of anilines is 1. The number of rotatable bonds is 6. The fourth-order valence-corrected chi connectivity index (χ4v) is 2.64. The minimum absolute atomic E-state index is 0.141. The molecule has 0 bridgehead atoms. The van der Waals surface area contributed by atoms with Crippen molar-refractivity contribution in [2.24, 2.45) is 0 Å². The third-order valence-corrected chi connectivity index (χ3v) is 4.33. The van der Waals surface area contributed by atoms with Crippen LogP contribution in [0.2, 0.25) is 0 Å². The molecule has 0 radical (unpaired) electrons. The summed E-state index contributed by atoms with van der Waals surface area (Å²) in [5.41, 5.74) is 2.25. The number of hydrogen-bond donors (Lipinski definition) is 1. The Morgan fingerprint density at radius 3 is 2.61 bits per heavy atom. The van der Waals surface area contributed by atoms with Gasteiger partial charge in [-0.15, -0.1) is 11.8 Å². The number of nitrogens with zero attached hydrogens (tertiary/aromatic N) is 1. The average Bonchev–Trinajstić information content (AvgIpc) is 2.97. The van der Waals surface area contributed by atoms with Gasteiger partial charge in [-0.3, -0.25) is 10.1 Å². The Morgan fingerprint density at radius 1 is 1.35 bits per heavy atom. The van der Waals surface area contributed by atoms with Crippen LogP contribution < -0.4 is 5.32 Å². The first-order valence-electron chi connectivity index (χ1n) is 7.02. The summed E-state index contributed by atoms with van der Waals surface area (Å²) in [5.74, 6) is 0.505. The summed E-state index contributed by atoms with van der Waals surface area (Å²) < 4.78 is 9.61. The van der Waals surface area contributed by atoms with E-state index in [1.54, 1.807) is 25.1 Å². The second-order valence-corrected chi connectivity index (χ2v) is 6.29. The van der Waals surface area contributed by atoms with Gasteiger partial charge in [0.2, 0.25) is 11.8 Å². The zero-order valence-electron chi connectivity index (χ0n) is 13.2. The van der Waals surface area contributed by atoms with Gasteiger partial charge in [0, 0.05) is 11.8 Å². The Labute approximate surface area is 138 Å². The van der Waals surface area contributed by atoms with E-state index >= 15 is 0 Å². The highest BCUT2D eigenvalue weighted by Crippen LogP contribution is 2.20. The molecule has 0 spiro atoms. The topological polar surface area (TPSA) is 81.4 Å². The summed E-state index contributed by atoms with van der Waals surface area (Å²) in [6.07, 6.45) is 0. The molecular formula is C16H18N2O4S. The number of hydrogen-bond acceptors (Lipinski definition) is 6. The molecule has 1 amide bonds. The summed E-state index contributed by atoms with van der Waals surface area (Å²) in [6.45, 7) is 3.61. The first-order valence-corrected chi connectivity index (χ1v) is 8.07. The summed E-state index contributed by atoms with van der Waals surface area (Å²) in [5, 5.41) is 6.15. The number of aromatic nitrogens is 1. The molecule has 0 saturated heterocycles. The van der Waals surface area contributed by atoms with Gasteiger partial charge in [-0.1, -0.05) is 17.3 Å². The smallest absolute Gasteiger partial charge is 0.337 e. The molecule has 1 aromatic heterocycles. The second-order valence-electron chi connectivity index (χ2n) is 4.96. The van der Waals surface area contributed by atoms with Crippen molar-refractivity contribution in [1.82, 2.24) is 5.16 Å². The average molecular weight is 334 g/mol. The molecule has 0 saturated carbocycles. The summed E-state index contributed by atoms with van der Waals surface area (Å²) >= 11 is 1.49. The number of esters is 1. The largest absolute Gasteiger partial charge is 0.465 e. The quantitative estimate of drug-likeness (QED) is 0.818. The van der Waals surface area contributed by atoms with E-state index in [-0.39, 0.29) is 17.1 Å². The van der Waals surface area contributed by atoms with Gasteiger partial charge in [-0.05, 0) is 31.5 Å². The number of methoxy groups -OCH3 is 1. The Balaban J connectivity index is 1.84. The number of carbonyl (C=O) groups excluding carboxylic acids is 2. The van der Waals surface area contributed by atoms with Gasteiger partial charge in [0.05, 0.1) is 23.6 Å². The van der Waals surface area contributed by atoms with Gasteiger partial charge in [0.1, 0.15) is 0 Å². The van der Waals surface area contributed by atoms with E-state index in [1.807, 2.05) is 19.1 Å². The number of aryl methyl sites for hydroxylation is 1. The number of carbonyl (C=O) groups is 2. The lowest BCUT2D eigenvalue weighted by Crippen LogP contribution is -2.22. The van der Waals surface area contributed by atoms with Crippen LogP contribution in [0.25, 0.3) is 0 Å². The molecule has 2 aromatic rings. The predicted octanol–water partition coefficient (Wildman–Crippen LogP) is 3.03. The molecule has 0 aliphatic heterocycles. The fourth-order valence-electron chi connectivity index (χ4n) is 1.80. The van der Waals surface area contributed by atoms with Crippen LogP contribution in [0, 0.1) is 6.92 Å². The molecule has 1 unspecified atom stereocenters. The van der Waals surface area contributed by atoms with E-state index in [4.69, 9.17) is 4.52 Å². The van der Waals surface area contributed by atoms with Crippen LogP contribution in [-0.2, 0) is 15.3 Å². The maximum atomic E-state index is 12.0. The van der Waals surface area contributed by atoms with Crippen molar-refractivity contribution in [1.29, 1.82) is 0 Å². The minimum atomic E-state index is -0.362. The second kappa shape index (κ2) is 7.82. The lowest BCUT2D eigenvalue weighted by atomic mass is 10.1. The fraction of sp³-hybridized carbons (Fsp3) is 0.312. The molecule has 1 aromatic carbocycles. The highest BCUT2D eigenvalue weighted by atomic mass is 32.2. The lowest BCUT2D eigenvalue weighted by molar-refractivity contribution is -0.115. The van der Waals surface area contributed by atoms with Crippen molar-refractivity contribution in [3.05, 3.63) is 47.2 Å². The van der Waals surface area contributed by atoms with Crippen molar-refractivity contribution in [2.45, 2.75) is 24.9 Å². The Morgan fingerprint density at radius 2 is 2.04 bits per heavy atom. The van der Waals surface area contributed by atoms with Crippen molar-refractivity contribution < 1.29 is 18.8 Å². The molecular weight excluding hydrogens is 316 g/mol. The summed E-state index contributed by atoms with van der Waals surface area (Å²) in [4.78, 5) is 23.4. The molecule has 2 rings (SSSR count). The van der Waals surface area contributed by atoms with Crippen LogP contribution >= 0.6 is 11.8 Å². The highest BCUT2D eigenvalue weighted by Gasteiger charge is 2.15. The molecule has 0 aliphatic rings. The molecule has 0 fully saturated rings. The zero-order chi connectivity index (χ0) is 16.8. The monoisotopic (exact) mass is 334 g/mol. The van der Waals surface area contributed by atoms with Crippen LogP contribution in [0.4, 0.5) is 5.88 Å². The van der Waals surface area contributed by atoms with Crippen molar-refractivity contribution in [3.8, 4) is 0 Å².